The fourth-order valence-electron chi connectivity index (χ4n) is 0.722. The molecule has 0 aliphatic rings. The molecule has 0 aliphatic heterocycles. The second kappa shape index (κ2) is 2.42. The van der Waals surface area contributed by atoms with E-state index in [1.165, 1.54) is 0 Å². The number of carbonyl (C=O) groups is 1. The quantitative estimate of drug-likeness (QED) is 0.603. The van der Waals surface area contributed by atoms with Crippen molar-refractivity contribution in [3.05, 3.63) is 17.2 Å². The number of carboxylic acids is 1. The molecule has 1 aromatic rings. The van der Waals surface area contributed by atoms with E-state index in [0.29, 0.717) is 5.69 Å². The Kier molecular flexibility index (Phi) is 1.60. The molecule has 0 bridgehead atoms. The number of nitriles is 1. The lowest BCUT2D eigenvalue weighted by atomic mass is 10.4. The van der Waals surface area contributed by atoms with Crippen molar-refractivity contribution in [2.75, 3.05) is 0 Å². The van der Waals surface area contributed by atoms with Crippen LogP contribution < -0.4 is 0 Å². The van der Waals surface area contributed by atoms with Crippen molar-refractivity contribution < 1.29 is 9.90 Å². The first-order valence-electron chi connectivity index (χ1n) is 2.85. The van der Waals surface area contributed by atoms with Crippen LogP contribution in [0.1, 0.15) is 22.0 Å². The molecule has 0 unspecified atom stereocenters. The minimum atomic E-state index is -1.12. The number of imidazole rings is 1. The van der Waals surface area contributed by atoms with Crippen LogP contribution in [0.3, 0.4) is 0 Å². The van der Waals surface area contributed by atoms with Gasteiger partial charge in [0, 0.05) is 5.69 Å². The van der Waals surface area contributed by atoms with Crippen molar-refractivity contribution in [3.63, 3.8) is 0 Å². The Morgan fingerprint density at radius 3 is 2.73 bits per heavy atom. The Bertz CT molecular complexity index is 334. The smallest absolute Gasteiger partial charge is 0.356 e. The minimum absolute atomic E-state index is 0.0277. The highest BCUT2D eigenvalue weighted by atomic mass is 16.4. The van der Waals surface area contributed by atoms with Crippen LogP contribution in [0, 0.1) is 18.3 Å². The standard InChI is InChI=1S/C6H5N3O2/c1-3-5(6(10)11)9-4(2-7)8-3/h1H3,(H,8,9)(H,10,11). The van der Waals surface area contributed by atoms with Gasteiger partial charge in [-0.3, -0.25) is 0 Å². The number of aryl methyl sites for hydroxylation is 1. The van der Waals surface area contributed by atoms with Gasteiger partial charge in [-0.2, -0.15) is 5.26 Å². The molecule has 1 rings (SSSR count). The monoisotopic (exact) mass is 151 g/mol. The first kappa shape index (κ1) is 7.28. The Balaban J connectivity index is 3.20. The van der Waals surface area contributed by atoms with Gasteiger partial charge in [-0.1, -0.05) is 0 Å². The molecule has 0 radical (unpaired) electrons. The Hall–Kier alpha value is -1.83. The molecule has 0 saturated carbocycles. The summed E-state index contributed by atoms with van der Waals surface area (Å²) in [4.78, 5) is 16.4. The van der Waals surface area contributed by atoms with Crippen molar-refractivity contribution in [1.29, 1.82) is 5.26 Å². The fourth-order valence-corrected chi connectivity index (χ4v) is 0.722. The van der Waals surface area contributed by atoms with Gasteiger partial charge in [0.05, 0.1) is 0 Å². The third-order valence-electron chi connectivity index (χ3n) is 1.19. The highest BCUT2D eigenvalue weighted by Crippen LogP contribution is 2.02. The summed E-state index contributed by atoms with van der Waals surface area (Å²) in [6, 6.07) is 1.71. The van der Waals surface area contributed by atoms with Crippen LogP contribution in [-0.4, -0.2) is 21.0 Å². The number of aromatic amines is 1. The van der Waals surface area contributed by atoms with Crippen molar-refractivity contribution in [2.45, 2.75) is 6.92 Å². The number of nitrogens with one attached hydrogen (secondary N) is 1. The molecular weight excluding hydrogens is 146 g/mol. The zero-order chi connectivity index (χ0) is 8.43. The topological polar surface area (TPSA) is 89.8 Å². The Labute approximate surface area is 62.3 Å². The van der Waals surface area contributed by atoms with Gasteiger partial charge in [-0.05, 0) is 6.92 Å². The van der Waals surface area contributed by atoms with E-state index in [4.69, 9.17) is 10.4 Å². The summed E-state index contributed by atoms with van der Waals surface area (Å²) in [5.41, 5.74) is 0.301. The molecule has 0 fully saturated rings. The molecule has 0 spiro atoms. The summed E-state index contributed by atoms with van der Waals surface area (Å²) in [6.07, 6.45) is 0. The van der Waals surface area contributed by atoms with Crippen molar-refractivity contribution in [3.8, 4) is 6.07 Å². The second-order valence-corrected chi connectivity index (χ2v) is 1.98. The summed E-state index contributed by atoms with van der Waals surface area (Å²) in [7, 11) is 0. The van der Waals surface area contributed by atoms with Crippen LogP contribution >= 0.6 is 0 Å². The summed E-state index contributed by atoms with van der Waals surface area (Å²) in [6.45, 7) is 1.55. The molecular formula is C6H5N3O2. The zero-order valence-electron chi connectivity index (χ0n) is 5.75. The molecule has 11 heavy (non-hydrogen) atoms. The average molecular weight is 151 g/mol. The number of aromatic carboxylic acids is 1. The van der Waals surface area contributed by atoms with Gasteiger partial charge in [-0.25, -0.2) is 9.78 Å². The second-order valence-electron chi connectivity index (χ2n) is 1.98. The highest BCUT2D eigenvalue weighted by molar-refractivity contribution is 5.86. The number of carboxylic acid groups (broad SMARTS) is 1. The van der Waals surface area contributed by atoms with Crippen LogP contribution in [0.2, 0.25) is 0 Å². The summed E-state index contributed by atoms with van der Waals surface area (Å²) < 4.78 is 0. The molecule has 0 aromatic carbocycles. The zero-order valence-corrected chi connectivity index (χ0v) is 5.75. The lowest BCUT2D eigenvalue weighted by Gasteiger charge is -1.84. The maximum absolute atomic E-state index is 10.4. The van der Waals surface area contributed by atoms with Crippen molar-refractivity contribution in [2.24, 2.45) is 0 Å². The maximum atomic E-state index is 10.4. The normalized spacial score (nSPS) is 9.09. The van der Waals surface area contributed by atoms with E-state index >= 15 is 0 Å². The van der Waals surface area contributed by atoms with Gasteiger partial charge in [-0.15, -0.1) is 0 Å². The third-order valence-corrected chi connectivity index (χ3v) is 1.19. The van der Waals surface area contributed by atoms with E-state index in [9.17, 15) is 4.79 Å². The van der Waals surface area contributed by atoms with E-state index in [1.54, 1.807) is 13.0 Å². The van der Waals surface area contributed by atoms with Crippen LogP contribution in [0.15, 0.2) is 0 Å². The number of hydrogen-bond acceptors (Lipinski definition) is 3. The van der Waals surface area contributed by atoms with E-state index in [1.807, 2.05) is 0 Å². The first-order chi connectivity index (χ1) is 5.15. The van der Waals surface area contributed by atoms with Gasteiger partial charge in [0.15, 0.2) is 5.69 Å². The number of hydrogen-bond donors (Lipinski definition) is 2. The van der Waals surface area contributed by atoms with Gasteiger partial charge in [0.1, 0.15) is 6.07 Å². The molecule has 1 heterocycles. The van der Waals surface area contributed by atoms with Crippen LogP contribution in [0.5, 0.6) is 0 Å². The molecule has 56 valence electrons. The minimum Gasteiger partial charge on any atom is -0.476 e. The molecule has 2 N–H and O–H groups in total. The molecule has 0 atom stereocenters. The SMILES string of the molecule is Cc1[nH]c(C#N)nc1C(=O)O. The van der Waals surface area contributed by atoms with Crippen LogP contribution in [-0.2, 0) is 0 Å². The number of rotatable bonds is 1. The largest absolute Gasteiger partial charge is 0.476 e. The third kappa shape index (κ3) is 1.19. The van der Waals surface area contributed by atoms with E-state index < -0.39 is 5.97 Å². The fraction of sp³-hybridized carbons (Fsp3) is 0.167. The predicted molar refractivity (Wildman–Crippen MR) is 35.0 cm³/mol. The highest BCUT2D eigenvalue weighted by Gasteiger charge is 2.12. The lowest BCUT2D eigenvalue weighted by molar-refractivity contribution is 0.0690. The van der Waals surface area contributed by atoms with Gasteiger partial charge in [0.25, 0.3) is 0 Å². The molecule has 0 aliphatic carbocycles. The Morgan fingerprint density at radius 1 is 1.82 bits per heavy atom. The van der Waals surface area contributed by atoms with E-state index in [-0.39, 0.29) is 11.5 Å². The first-order valence-corrected chi connectivity index (χ1v) is 2.85. The van der Waals surface area contributed by atoms with E-state index in [0.717, 1.165) is 0 Å². The molecule has 1 aromatic heterocycles. The van der Waals surface area contributed by atoms with Gasteiger partial charge < -0.3 is 10.1 Å². The molecule has 5 heteroatoms. The number of aromatic nitrogens is 2. The summed E-state index contributed by atoms with van der Waals surface area (Å²) >= 11 is 0. The summed E-state index contributed by atoms with van der Waals surface area (Å²) in [5.74, 6) is -1.10. The molecule has 0 amide bonds. The van der Waals surface area contributed by atoms with Gasteiger partial charge in [0.2, 0.25) is 5.82 Å². The summed E-state index contributed by atoms with van der Waals surface area (Å²) in [5, 5.41) is 16.8. The number of nitrogens with zero attached hydrogens (tertiary/aromatic N) is 2. The average Bonchev–Trinajstić information content (AvgIpc) is 2.30. The molecule has 5 nitrogen and oxygen atoms in total. The van der Waals surface area contributed by atoms with Gasteiger partial charge >= 0.3 is 5.97 Å². The van der Waals surface area contributed by atoms with Crippen molar-refractivity contribution in [1.82, 2.24) is 9.97 Å². The number of H-pyrrole nitrogens is 1. The maximum Gasteiger partial charge on any atom is 0.356 e. The Morgan fingerprint density at radius 2 is 2.45 bits per heavy atom. The van der Waals surface area contributed by atoms with Crippen molar-refractivity contribution >= 4 is 5.97 Å². The van der Waals surface area contributed by atoms with Crippen LogP contribution in [0.25, 0.3) is 0 Å². The van der Waals surface area contributed by atoms with Crippen LogP contribution in [0.4, 0.5) is 0 Å². The molecule has 0 saturated heterocycles. The lowest BCUT2D eigenvalue weighted by Crippen LogP contribution is -1.98. The van der Waals surface area contributed by atoms with E-state index in [2.05, 4.69) is 9.97 Å². The predicted octanol–water partition coefficient (Wildman–Crippen LogP) is 0.288.